The molecule has 1 heterocycles. The lowest BCUT2D eigenvalue weighted by Gasteiger charge is -2.18. The zero-order chi connectivity index (χ0) is 14.7. The van der Waals surface area contributed by atoms with Crippen molar-refractivity contribution in [3.8, 4) is 5.75 Å². The molecule has 1 unspecified atom stereocenters. The molecule has 2 rings (SSSR count). The van der Waals surface area contributed by atoms with Crippen molar-refractivity contribution in [2.75, 3.05) is 25.5 Å². The Hall–Kier alpha value is -1.95. The number of carbonyl (C=O) groups is 2. The standard InChI is InChI=1S/C13H15ClN2O4/c1-20-11-9(14)3-2-4-10(11)15-13(19)16-6-5-8(7-16)12(17)18/h2-4,8H,5-7H2,1H3,(H,15,19)(H,17,18). The predicted molar refractivity (Wildman–Crippen MR) is 74.3 cm³/mol. The van der Waals surface area contributed by atoms with Crippen LogP contribution < -0.4 is 10.1 Å². The number of hydrogen-bond donors (Lipinski definition) is 2. The van der Waals surface area contributed by atoms with Crippen molar-refractivity contribution < 1.29 is 19.4 Å². The highest BCUT2D eigenvalue weighted by molar-refractivity contribution is 6.32. The van der Waals surface area contributed by atoms with Crippen molar-refractivity contribution in [2.24, 2.45) is 5.92 Å². The van der Waals surface area contributed by atoms with Gasteiger partial charge in [-0.3, -0.25) is 4.79 Å². The van der Waals surface area contributed by atoms with Crippen LogP contribution >= 0.6 is 11.6 Å². The lowest BCUT2D eigenvalue weighted by molar-refractivity contribution is -0.141. The molecule has 1 aromatic carbocycles. The van der Waals surface area contributed by atoms with Crippen molar-refractivity contribution in [3.05, 3.63) is 23.2 Å². The van der Waals surface area contributed by atoms with E-state index in [1.54, 1.807) is 18.2 Å². The molecule has 1 aliphatic heterocycles. The Kier molecular flexibility index (Phi) is 4.34. The maximum absolute atomic E-state index is 12.1. The first-order valence-electron chi connectivity index (χ1n) is 6.14. The Labute approximate surface area is 121 Å². The quantitative estimate of drug-likeness (QED) is 0.897. The maximum atomic E-state index is 12.1. The van der Waals surface area contributed by atoms with Gasteiger partial charge in [-0.05, 0) is 18.6 Å². The number of nitrogens with zero attached hydrogens (tertiary/aromatic N) is 1. The number of carboxylic acid groups (broad SMARTS) is 1. The summed E-state index contributed by atoms with van der Waals surface area (Å²) in [4.78, 5) is 24.4. The Morgan fingerprint density at radius 2 is 2.25 bits per heavy atom. The second-order valence-electron chi connectivity index (χ2n) is 4.52. The van der Waals surface area contributed by atoms with E-state index < -0.39 is 11.9 Å². The number of methoxy groups -OCH3 is 1. The smallest absolute Gasteiger partial charge is 0.321 e. The SMILES string of the molecule is COc1c(Cl)cccc1NC(=O)N1CCC(C(=O)O)C1. The number of likely N-dealkylation sites (tertiary alicyclic amines) is 1. The van der Waals surface area contributed by atoms with Gasteiger partial charge in [-0.1, -0.05) is 17.7 Å². The number of ether oxygens (including phenoxy) is 1. The van der Waals surface area contributed by atoms with Gasteiger partial charge in [0, 0.05) is 13.1 Å². The van der Waals surface area contributed by atoms with Crippen LogP contribution in [0.1, 0.15) is 6.42 Å². The Morgan fingerprint density at radius 3 is 2.85 bits per heavy atom. The fourth-order valence-electron chi connectivity index (χ4n) is 2.16. The number of carbonyl (C=O) groups excluding carboxylic acids is 1. The monoisotopic (exact) mass is 298 g/mol. The van der Waals surface area contributed by atoms with Crippen LogP contribution in [0.4, 0.5) is 10.5 Å². The molecule has 0 aromatic heterocycles. The number of carboxylic acids is 1. The summed E-state index contributed by atoms with van der Waals surface area (Å²) in [6.45, 7) is 0.635. The number of hydrogen-bond acceptors (Lipinski definition) is 3. The van der Waals surface area contributed by atoms with Crippen molar-refractivity contribution >= 4 is 29.3 Å². The minimum absolute atomic E-state index is 0.212. The predicted octanol–water partition coefficient (Wildman–Crippen LogP) is 2.29. The molecule has 1 aliphatic rings. The third-order valence-electron chi connectivity index (χ3n) is 3.24. The Balaban J connectivity index is 2.06. The summed E-state index contributed by atoms with van der Waals surface area (Å²) in [6.07, 6.45) is 0.468. The van der Waals surface area contributed by atoms with Crippen LogP contribution in [-0.2, 0) is 4.79 Å². The number of aliphatic carboxylic acids is 1. The molecular formula is C13H15ClN2O4. The van der Waals surface area contributed by atoms with Gasteiger partial charge in [0.2, 0.25) is 0 Å². The van der Waals surface area contributed by atoms with Crippen molar-refractivity contribution in [2.45, 2.75) is 6.42 Å². The van der Waals surface area contributed by atoms with E-state index >= 15 is 0 Å². The number of rotatable bonds is 3. The highest BCUT2D eigenvalue weighted by Gasteiger charge is 2.31. The zero-order valence-electron chi connectivity index (χ0n) is 10.9. The number of nitrogens with one attached hydrogen (secondary N) is 1. The molecule has 1 saturated heterocycles. The van der Waals surface area contributed by atoms with E-state index in [0.717, 1.165) is 0 Å². The van der Waals surface area contributed by atoms with Crippen molar-refractivity contribution in [3.63, 3.8) is 0 Å². The van der Waals surface area contributed by atoms with E-state index in [4.69, 9.17) is 21.4 Å². The Morgan fingerprint density at radius 1 is 1.50 bits per heavy atom. The van der Waals surface area contributed by atoms with Gasteiger partial charge in [-0.25, -0.2) is 4.79 Å². The average molecular weight is 299 g/mol. The second-order valence-corrected chi connectivity index (χ2v) is 4.93. The van der Waals surface area contributed by atoms with E-state index in [2.05, 4.69) is 5.32 Å². The lowest BCUT2D eigenvalue weighted by atomic mass is 10.1. The van der Waals surface area contributed by atoms with Crippen LogP contribution in [0.2, 0.25) is 5.02 Å². The molecule has 0 radical (unpaired) electrons. The molecule has 0 aliphatic carbocycles. The number of anilines is 1. The van der Waals surface area contributed by atoms with E-state index in [1.165, 1.54) is 12.0 Å². The summed E-state index contributed by atoms with van der Waals surface area (Å²) in [5.74, 6) is -0.987. The third kappa shape index (κ3) is 2.96. The average Bonchev–Trinajstić information content (AvgIpc) is 2.89. The van der Waals surface area contributed by atoms with Crippen LogP contribution in [-0.4, -0.2) is 42.2 Å². The summed E-state index contributed by atoms with van der Waals surface area (Å²) in [6, 6.07) is 4.68. The lowest BCUT2D eigenvalue weighted by Crippen LogP contribution is -2.33. The van der Waals surface area contributed by atoms with E-state index in [9.17, 15) is 9.59 Å². The van der Waals surface area contributed by atoms with Gasteiger partial charge in [-0.15, -0.1) is 0 Å². The summed E-state index contributed by atoms with van der Waals surface area (Å²) >= 11 is 5.97. The second kappa shape index (κ2) is 6.00. The number of urea groups is 1. The van der Waals surface area contributed by atoms with Gasteiger partial charge in [0.1, 0.15) is 0 Å². The van der Waals surface area contributed by atoms with E-state index in [1.807, 2.05) is 0 Å². The van der Waals surface area contributed by atoms with Gasteiger partial charge in [0.15, 0.2) is 5.75 Å². The first-order chi connectivity index (χ1) is 9.52. The van der Waals surface area contributed by atoms with Crippen molar-refractivity contribution in [1.29, 1.82) is 0 Å². The van der Waals surface area contributed by atoms with Crippen LogP contribution in [0.15, 0.2) is 18.2 Å². The molecule has 0 saturated carbocycles. The molecule has 6 nitrogen and oxygen atoms in total. The van der Waals surface area contributed by atoms with E-state index in [0.29, 0.717) is 29.4 Å². The minimum Gasteiger partial charge on any atom is -0.493 e. The largest absolute Gasteiger partial charge is 0.493 e. The zero-order valence-corrected chi connectivity index (χ0v) is 11.7. The summed E-state index contributed by atoms with van der Waals surface area (Å²) in [7, 11) is 1.47. The van der Waals surface area contributed by atoms with E-state index in [-0.39, 0.29) is 12.6 Å². The molecule has 20 heavy (non-hydrogen) atoms. The molecule has 2 N–H and O–H groups in total. The Bertz CT molecular complexity index is 535. The molecule has 2 amide bonds. The fraction of sp³-hybridized carbons (Fsp3) is 0.385. The first-order valence-corrected chi connectivity index (χ1v) is 6.52. The third-order valence-corrected chi connectivity index (χ3v) is 3.54. The van der Waals surface area contributed by atoms with Crippen LogP contribution in [0.25, 0.3) is 0 Å². The molecule has 1 atom stereocenters. The van der Waals surface area contributed by atoms with Crippen LogP contribution in [0.5, 0.6) is 5.75 Å². The minimum atomic E-state index is -0.874. The van der Waals surface area contributed by atoms with Gasteiger partial charge < -0.3 is 20.1 Å². The fourth-order valence-corrected chi connectivity index (χ4v) is 2.41. The number of benzene rings is 1. The first kappa shape index (κ1) is 14.5. The van der Waals surface area contributed by atoms with Crippen LogP contribution in [0.3, 0.4) is 0 Å². The molecule has 1 aromatic rings. The normalized spacial score (nSPS) is 17.9. The van der Waals surface area contributed by atoms with Gasteiger partial charge in [-0.2, -0.15) is 0 Å². The highest BCUT2D eigenvalue weighted by atomic mass is 35.5. The molecule has 1 fully saturated rings. The van der Waals surface area contributed by atoms with Gasteiger partial charge >= 0.3 is 12.0 Å². The number of para-hydroxylation sites is 1. The molecule has 0 bridgehead atoms. The highest BCUT2D eigenvalue weighted by Crippen LogP contribution is 2.32. The molecular weight excluding hydrogens is 284 g/mol. The van der Waals surface area contributed by atoms with Crippen LogP contribution in [0, 0.1) is 5.92 Å². The summed E-state index contributed by atoms with van der Waals surface area (Å²) in [5.41, 5.74) is 0.462. The van der Waals surface area contributed by atoms with Crippen molar-refractivity contribution in [1.82, 2.24) is 4.90 Å². The summed E-state index contributed by atoms with van der Waals surface area (Å²) < 4.78 is 5.14. The van der Waals surface area contributed by atoms with Gasteiger partial charge in [0.25, 0.3) is 0 Å². The van der Waals surface area contributed by atoms with Gasteiger partial charge in [0.05, 0.1) is 23.7 Å². The molecule has 108 valence electrons. The molecule has 7 heteroatoms. The maximum Gasteiger partial charge on any atom is 0.321 e. The number of amides is 2. The topological polar surface area (TPSA) is 78.9 Å². The summed E-state index contributed by atoms with van der Waals surface area (Å²) in [5, 5.41) is 12.0. The molecule has 0 spiro atoms. The number of halogens is 1.